The Hall–Kier alpha value is -2.74. The van der Waals surface area contributed by atoms with Gasteiger partial charge in [0.15, 0.2) is 0 Å². The van der Waals surface area contributed by atoms with Gasteiger partial charge in [-0.05, 0) is 54.6 Å². The quantitative estimate of drug-likeness (QED) is 0.542. The number of methoxy groups -OCH3 is 1. The number of nitrogens with one attached hydrogen (secondary N) is 1. The van der Waals surface area contributed by atoms with E-state index in [1.165, 1.54) is 37.4 Å². The molecule has 3 aromatic rings. The standard InChI is InChI=1S/C21H18Cl2N2O4S/c1-29-20-12-9-16(13-19(20)23)24-21(26)14-25(17-5-3-2-4-6-17)30(27,28)18-10-7-15(22)8-11-18/h2-13H,14H2,1H3,(H,24,26). The zero-order valence-electron chi connectivity index (χ0n) is 15.9. The summed E-state index contributed by atoms with van der Waals surface area (Å²) in [5.41, 5.74) is 0.776. The van der Waals surface area contributed by atoms with Crippen molar-refractivity contribution < 1.29 is 17.9 Å². The third-order valence-electron chi connectivity index (χ3n) is 4.17. The zero-order valence-corrected chi connectivity index (χ0v) is 18.2. The molecule has 1 amide bonds. The molecule has 0 aromatic heterocycles. The minimum absolute atomic E-state index is 0.0241. The highest BCUT2D eigenvalue weighted by molar-refractivity contribution is 7.92. The zero-order chi connectivity index (χ0) is 21.7. The molecule has 3 rings (SSSR count). The Bertz CT molecular complexity index is 1140. The highest BCUT2D eigenvalue weighted by Gasteiger charge is 2.27. The first-order chi connectivity index (χ1) is 14.3. The van der Waals surface area contributed by atoms with E-state index in [-0.39, 0.29) is 4.90 Å². The Labute approximate surface area is 185 Å². The summed E-state index contributed by atoms with van der Waals surface area (Å²) in [5, 5.41) is 3.40. The molecule has 0 radical (unpaired) electrons. The number of para-hydroxylation sites is 1. The van der Waals surface area contributed by atoms with E-state index in [9.17, 15) is 13.2 Å². The van der Waals surface area contributed by atoms with Gasteiger partial charge in [-0.15, -0.1) is 0 Å². The van der Waals surface area contributed by atoms with Crippen LogP contribution in [0.4, 0.5) is 11.4 Å². The molecule has 0 bridgehead atoms. The third kappa shape index (κ3) is 5.05. The number of rotatable bonds is 7. The molecule has 0 saturated heterocycles. The third-order valence-corrected chi connectivity index (χ3v) is 6.50. The number of sulfonamides is 1. The molecular weight excluding hydrogens is 447 g/mol. The van der Waals surface area contributed by atoms with E-state index in [1.807, 2.05) is 0 Å². The average Bonchev–Trinajstić information content (AvgIpc) is 2.73. The number of amides is 1. The fourth-order valence-electron chi connectivity index (χ4n) is 2.72. The van der Waals surface area contributed by atoms with Gasteiger partial charge in [-0.25, -0.2) is 8.42 Å². The second kappa shape index (κ2) is 9.38. The molecule has 0 atom stereocenters. The number of hydrogen-bond donors (Lipinski definition) is 1. The van der Waals surface area contributed by atoms with Crippen LogP contribution in [0.15, 0.2) is 77.7 Å². The first-order valence-electron chi connectivity index (χ1n) is 8.78. The molecule has 0 aliphatic carbocycles. The van der Waals surface area contributed by atoms with Gasteiger partial charge in [0.25, 0.3) is 10.0 Å². The van der Waals surface area contributed by atoms with Crippen molar-refractivity contribution in [2.24, 2.45) is 0 Å². The summed E-state index contributed by atoms with van der Waals surface area (Å²) < 4.78 is 32.6. The van der Waals surface area contributed by atoms with Crippen molar-refractivity contribution in [3.8, 4) is 5.75 Å². The molecule has 1 N–H and O–H groups in total. The monoisotopic (exact) mass is 464 g/mol. The highest BCUT2D eigenvalue weighted by atomic mass is 35.5. The van der Waals surface area contributed by atoms with E-state index in [2.05, 4.69) is 5.32 Å². The average molecular weight is 465 g/mol. The lowest BCUT2D eigenvalue weighted by molar-refractivity contribution is -0.114. The fraction of sp³-hybridized carbons (Fsp3) is 0.0952. The van der Waals surface area contributed by atoms with Crippen molar-refractivity contribution in [1.82, 2.24) is 0 Å². The predicted octanol–water partition coefficient (Wildman–Crippen LogP) is 4.84. The van der Waals surface area contributed by atoms with Gasteiger partial charge in [-0.1, -0.05) is 41.4 Å². The normalized spacial score (nSPS) is 11.0. The maximum absolute atomic E-state index is 13.2. The van der Waals surface area contributed by atoms with Crippen molar-refractivity contribution in [2.45, 2.75) is 4.90 Å². The van der Waals surface area contributed by atoms with Gasteiger partial charge in [0.1, 0.15) is 12.3 Å². The van der Waals surface area contributed by atoms with Crippen molar-refractivity contribution in [2.75, 3.05) is 23.3 Å². The molecule has 6 nitrogen and oxygen atoms in total. The maximum Gasteiger partial charge on any atom is 0.264 e. The number of hydrogen-bond acceptors (Lipinski definition) is 4. The van der Waals surface area contributed by atoms with Crippen LogP contribution < -0.4 is 14.4 Å². The van der Waals surface area contributed by atoms with Crippen LogP contribution in [0.2, 0.25) is 10.0 Å². The SMILES string of the molecule is COc1ccc(NC(=O)CN(c2ccccc2)S(=O)(=O)c2ccc(Cl)cc2)cc1Cl. The predicted molar refractivity (Wildman–Crippen MR) is 119 cm³/mol. The molecule has 0 fully saturated rings. The van der Waals surface area contributed by atoms with Gasteiger partial charge in [-0.3, -0.25) is 9.10 Å². The molecule has 0 aliphatic rings. The Morgan fingerprint density at radius 1 is 1.00 bits per heavy atom. The van der Waals surface area contributed by atoms with Crippen LogP contribution in [-0.2, 0) is 14.8 Å². The van der Waals surface area contributed by atoms with E-state index in [0.717, 1.165) is 4.31 Å². The first-order valence-corrected chi connectivity index (χ1v) is 11.0. The van der Waals surface area contributed by atoms with Crippen LogP contribution in [0.5, 0.6) is 5.75 Å². The molecule has 156 valence electrons. The summed E-state index contributed by atoms with van der Waals surface area (Å²) in [5.74, 6) is -0.0662. The first kappa shape index (κ1) is 22.0. The smallest absolute Gasteiger partial charge is 0.264 e. The molecule has 0 aliphatic heterocycles. The lowest BCUT2D eigenvalue weighted by Crippen LogP contribution is -2.38. The van der Waals surface area contributed by atoms with Gasteiger partial charge < -0.3 is 10.1 Å². The maximum atomic E-state index is 13.2. The molecule has 30 heavy (non-hydrogen) atoms. The van der Waals surface area contributed by atoms with Crippen molar-refractivity contribution in [3.05, 3.63) is 82.8 Å². The molecule has 0 unspecified atom stereocenters. The summed E-state index contributed by atoms with van der Waals surface area (Å²) in [6.07, 6.45) is 0. The Morgan fingerprint density at radius 2 is 1.67 bits per heavy atom. The Balaban J connectivity index is 1.89. The molecule has 0 spiro atoms. The minimum atomic E-state index is -4.01. The number of anilines is 2. The largest absolute Gasteiger partial charge is 0.495 e. The number of carbonyl (C=O) groups excluding carboxylic acids is 1. The molecule has 3 aromatic carbocycles. The van der Waals surface area contributed by atoms with Crippen molar-refractivity contribution in [3.63, 3.8) is 0 Å². The summed E-state index contributed by atoms with van der Waals surface area (Å²) in [7, 11) is -2.52. The highest BCUT2D eigenvalue weighted by Crippen LogP contribution is 2.28. The summed E-state index contributed by atoms with van der Waals surface area (Å²) >= 11 is 12.0. The van der Waals surface area contributed by atoms with Crippen LogP contribution in [0.3, 0.4) is 0 Å². The minimum Gasteiger partial charge on any atom is -0.495 e. The Kier molecular flexibility index (Phi) is 6.87. The van der Waals surface area contributed by atoms with E-state index in [1.54, 1.807) is 42.5 Å². The fourth-order valence-corrected chi connectivity index (χ4v) is 4.52. The van der Waals surface area contributed by atoms with Crippen LogP contribution in [0, 0.1) is 0 Å². The van der Waals surface area contributed by atoms with Gasteiger partial charge in [0, 0.05) is 10.7 Å². The van der Waals surface area contributed by atoms with Gasteiger partial charge in [0.05, 0.1) is 22.7 Å². The van der Waals surface area contributed by atoms with Crippen molar-refractivity contribution in [1.29, 1.82) is 0 Å². The number of ether oxygens (including phenoxy) is 1. The van der Waals surface area contributed by atoms with Gasteiger partial charge >= 0.3 is 0 Å². The Morgan fingerprint density at radius 3 is 2.27 bits per heavy atom. The van der Waals surface area contributed by atoms with E-state index in [4.69, 9.17) is 27.9 Å². The molecular formula is C21H18Cl2N2O4S. The number of halogens is 2. The van der Waals surface area contributed by atoms with Crippen LogP contribution in [-0.4, -0.2) is 28.0 Å². The summed E-state index contributed by atoms with van der Waals surface area (Å²) in [4.78, 5) is 12.7. The lowest BCUT2D eigenvalue weighted by Gasteiger charge is -2.24. The topological polar surface area (TPSA) is 75.7 Å². The van der Waals surface area contributed by atoms with E-state index >= 15 is 0 Å². The second-order valence-electron chi connectivity index (χ2n) is 6.20. The lowest BCUT2D eigenvalue weighted by atomic mass is 10.3. The molecule has 9 heteroatoms. The molecule has 0 saturated carbocycles. The van der Waals surface area contributed by atoms with E-state index < -0.39 is 22.5 Å². The number of nitrogens with zero attached hydrogens (tertiary/aromatic N) is 1. The van der Waals surface area contributed by atoms with Gasteiger partial charge in [0.2, 0.25) is 5.91 Å². The number of benzene rings is 3. The molecule has 0 heterocycles. The summed E-state index contributed by atoms with van der Waals surface area (Å²) in [6.45, 7) is -0.432. The second-order valence-corrected chi connectivity index (χ2v) is 8.90. The summed E-state index contributed by atoms with van der Waals surface area (Å²) in [6, 6.07) is 18.9. The van der Waals surface area contributed by atoms with Gasteiger partial charge in [-0.2, -0.15) is 0 Å². The van der Waals surface area contributed by atoms with Crippen LogP contribution in [0.1, 0.15) is 0 Å². The van der Waals surface area contributed by atoms with Crippen LogP contribution >= 0.6 is 23.2 Å². The van der Waals surface area contributed by atoms with Crippen molar-refractivity contribution >= 4 is 50.5 Å². The van der Waals surface area contributed by atoms with E-state index in [0.29, 0.717) is 27.2 Å². The van der Waals surface area contributed by atoms with Crippen LogP contribution in [0.25, 0.3) is 0 Å². The number of carbonyl (C=O) groups is 1.